The second-order valence-electron chi connectivity index (χ2n) is 6.50. The Labute approximate surface area is 175 Å². The number of halogens is 1. The third-order valence-corrected chi connectivity index (χ3v) is 8.06. The van der Waals surface area contributed by atoms with Crippen LogP contribution < -0.4 is 10.0 Å². The Bertz CT molecular complexity index is 1380. The second kappa shape index (κ2) is 7.45. The molecule has 2 aromatic carbocycles. The highest BCUT2D eigenvalue weighted by Crippen LogP contribution is 2.28. The van der Waals surface area contributed by atoms with E-state index in [0.717, 1.165) is 41.0 Å². The fraction of sp³-hybridized carbons (Fsp3) is 0.111. The molecule has 2 N–H and O–H groups in total. The van der Waals surface area contributed by atoms with E-state index in [-0.39, 0.29) is 21.3 Å². The Balaban J connectivity index is 1.53. The van der Waals surface area contributed by atoms with Crippen molar-refractivity contribution >= 4 is 52.5 Å². The molecule has 12 heteroatoms. The van der Waals surface area contributed by atoms with Crippen molar-refractivity contribution in [3.05, 3.63) is 65.3 Å². The van der Waals surface area contributed by atoms with Crippen molar-refractivity contribution in [2.75, 3.05) is 10.5 Å². The van der Waals surface area contributed by atoms with Crippen molar-refractivity contribution in [3.63, 3.8) is 0 Å². The summed E-state index contributed by atoms with van der Waals surface area (Å²) in [6.07, 6.45) is 1.42. The first kappa shape index (κ1) is 20.4. The van der Waals surface area contributed by atoms with E-state index in [2.05, 4.69) is 15.0 Å². The number of benzene rings is 2. The maximum atomic E-state index is 13.0. The van der Waals surface area contributed by atoms with E-state index in [9.17, 15) is 26.0 Å². The molecule has 30 heavy (non-hydrogen) atoms. The van der Waals surface area contributed by atoms with Gasteiger partial charge in [0.1, 0.15) is 5.82 Å². The first-order valence-electron chi connectivity index (χ1n) is 8.52. The zero-order valence-electron chi connectivity index (χ0n) is 15.1. The first-order chi connectivity index (χ1) is 14.1. The number of hydrogen-bond acceptors (Lipinski definition) is 7. The van der Waals surface area contributed by atoms with Crippen molar-refractivity contribution in [2.45, 2.75) is 10.9 Å². The highest BCUT2D eigenvalue weighted by molar-refractivity contribution is 7.94. The van der Waals surface area contributed by atoms with Crippen LogP contribution in [-0.2, 0) is 19.9 Å². The molecular weight excluding hydrogens is 453 g/mol. The standard InChI is InChI=1S/C18H14FN3O5S3/c19-12-2-4-14(5-3-12)30(26,27)22-18-21-15-6-1-11(9-16(15)28-18)17(23)20-13-7-8-29(24,25)10-13/h1-9,13H,10H2,(H,20,23)(H,21,22)/t13-/m0/s1. The fourth-order valence-corrected chi connectivity index (χ4v) is 6.19. The highest BCUT2D eigenvalue weighted by atomic mass is 32.2. The normalized spacial score (nSPS) is 17.8. The van der Waals surface area contributed by atoms with Crippen LogP contribution in [0.25, 0.3) is 10.2 Å². The summed E-state index contributed by atoms with van der Waals surface area (Å²) in [7, 11) is -7.23. The van der Waals surface area contributed by atoms with Gasteiger partial charge in [-0.1, -0.05) is 11.3 Å². The third-order valence-electron chi connectivity index (χ3n) is 4.24. The minimum absolute atomic E-state index is 0.0942. The van der Waals surface area contributed by atoms with Gasteiger partial charge in [0.05, 0.1) is 26.9 Å². The predicted molar refractivity (Wildman–Crippen MR) is 111 cm³/mol. The molecule has 0 aliphatic carbocycles. The molecule has 1 aliphatic heterocycles. The lowest BCUT2D eigenvalue weighted by Crippen LogP contribution is -2.35. The smallest absolute Gasteiger partial charge is 0.263 e. The minimum atomic E-state index is -3.94. The van der Waals surface area contributed by atoms with Gasteiger partial charge in [-0.15, -0.1) is 0 Å². The summed E-state index contributed by atoms with van der Waals surface area (Å²) in [5.41, 5.74) is 0.772. The number of anilines is 1. The van der Waals surface area contributed by atoms with Gasteiger partial charge in [0.25, 0.3) is 15.9 Å². The minimum Gasteiger partial charge on any atom is -0.345 e. The maximum absolute atomic E-state index is 13.0. The van der Waals surface area contributed by atoms with Gasteiger partial charge in [0.2, 0.25) is 0 Å². The maximum Gasteiger partial charge on any atom is 0.263 e. The van der Waals surface area contributed by atoms with Crippen LogP contribution in [0.5, 0.6) is 0 Å². The largest absolute Gasteiger partial charge is 0.345 e. The van der Waals surface area contributed by atoms with Crippen molar-refractivity contribution in [2.24, 2.45) is 0 Å². The average molecular weight is 468 g/mol. The molecule has 1 aromatic heterocycles. The molecule has 0 spiro atoms. The highest BCUT2D eigenvalue weighted by Gasteiger charge is 2.24. The monoisotopic (exact) mass is 467 g/mol. The molecule has 0 fully saturated rings. The quantitative estimate of drug-likeness (QED) is 0.594. The van der Waals surface area contributed by atoms with Crippen LogP contribution in [0.3, 0.4) is 0 Å². The summed E-state index contributed by atoms with van der Waals surface area (Å²) in [5, 5.41) is 3.79. The number of carbonyl (C=O) groups excluding carboxylic acids is 1. The summed E-state index contributed by atoms with van der Waals surface area (Å²) >= 11 is 1.03. The molecule has 8 nitrogen and oxygen atoms in total. The molecule has 0 unspecified atom stereocenters. The van der Waals surface area contributed by atoms with E-state index in [1.807, 2.05) is 0 Å². The van der Waals surface area contributed by atoms with Gasteiger partial charge < -0.3 is 5.32 Å². The van der Waals surface area contributed by atoms with Gasteiger partial charge in [-0.25, -0.2) is 26.2 Å². The molecule has 1 aliphatic rings. The molecule has 0 radical (unpaired) electrons. The van der Waals surface area contributed by atoms with Gasteiger partial charge in [-0.3, -0.25) is 9.52 Å². The lowest BCUT2D eigenvalue weighted by Gasteiger charge is -2.09. The van der Waals surface area contributed by atoms with Crippen LogP contribution in [0.1, 0.15) is 10.4 Å². The number of rotatable bonds is 5. The Morgan fingerprint density at radius 3 is 2.57 bits per heavy atom. The van der Waals surface area contributed by atoms with Gasteiger partial charge in [0.15, 0.2) is 15.0 Å². The molecule has 156 valence electrons. The fourth-order valence-electron chi connectivity index (χ4n) is 2.81. The Kier molecular flexibility index (Phi) is 5.08. The van der Waals surface area contributed by atoms with Gasteiger partial charge in [-0.2, -0.15) is 0 Å². The van der Waals surface area contributed by atoms with E-state index in [0.29, 0.717) is 10.2 Å². The summed E-state index contributed by atoms with van der Waals surface area (Å²) in [5.74, 6) is -1.19. The van der Waals surface area contributed by atoms with E-state index in [4.69, 9.17) is 0 Å². The predicted octanol–water partition coefficient (Wildman–Crippen LogP) is 2.28. The summed E-state index contributed by atoms with van der Waals surface area (Å²) in [6.45, 7) is 0. The molecule has 3 aromatic rings. The molecule has 0 saturated carbocycles. The van der Waals surface area contributed by atoms with Crippen molar-refractivity contribution in [1.29, 1.82) is 0 Å². The number of hydrogen-bond donors (Lipinski definition) is 2. The number of sulfonamides is 1. The van der Waals surface area contributed by atoms with Crippen LogP contribution in [0.15, 0.2) is 58.8 Å². The molecule has 0 bridgehead atoms. The number of fused-ring (bicyclic) bond motifs is 1. The van der Waals surface area contributed by atoms with Crippen molar-refractivity contribution in [1.82, 2.24) is 10.3 Å². The summed E-state index contributed by atoms with van der Waals surface area (Å²) in [6, 6.07) is 8.41. The molecule has 2 heterocycles. The number of amides is 1. The number of nitrogens with one attached hydrogen (secondary N) is 2. The van der Waals surface area contributed by atoms with E-state index in [1.54, 1.807) is 12.1 Å². The van der Waals surface area contributed by atoms with Gasteiger partial charge in [-0.05, 0) is 48.5 Å². The Morgan fingerprint density at radius 1 is 1.17 bits per heavy atom. The van der Waals surface area contributed by atoms with Crippen LogP contribution in [-0.4, -0.2) is 39.5 Å². The Hall–Kier alpha value is -2.83. The number of carbonyl (C=O) groups is 1. The molecular formula is C18H14FN3O5S3. The SMILES string of the molecule is O=C(N[C@H]1C=CS(=O)(=O)C1)c1ccc2nc(NS(=O)(=O)c3ccc(F)cc3)sc2c1. The molecule has 1 amide bonds. The zero-order valence-corrected chi connectivity index (χ0v) is 17.5. The van der Waals surface area contributed by atoms with Crippen LogP contribution in [0.4, 0.5) is 9.52 Å². The number of sulfone groups is 1. The van der Waals surface area contributed by atoms with Crippen molar-refractivity contribution in [3.8, 4) is 0 Å². The molecule has 0 saturated heterocycles. The van der Waals surface area contributed by atoms with Gasteiger partial charge >= 0.3 is 0 Å². The lowest BCUT2D eigenvalue weighted by molar-refractivity contribution is 0.0948. The molecule has 1 atom stereocenters. The lowest BCUT2D eigenvalue weighted by atomic mass is 10.2. The topological polar surface area (TPSA) is 122 Å². The van der Waals surface area contributed by atoms with E-state index >= 15 is 0 Å². The number of thiazole rings is 1. The summed E-state index contributed by atoms with van der Waals surface area (Å²) in [4.78, 5) is 16.5. The average Bonchev–Trinajstić information content (AvgIpc) is 3.22. The Morgan fingerprint density at radius 2 is 1.90 bits per heavy atom. The molecule has 4 rings (SSSR count). The number of aromatic nitrogens is 1. The van der Waals surface area contributed by atoms with Crippen molar-refractivity contribution < 1.29 is 26.0 Å². The first-order valence-corrected chi connectivity index (χ1v) is 12.5. The van der Waals surface area contributed by atoms with Crippen LogP contribution >= 0.6 is 11.3 Å². The van der Waals surface area contributed by atoms with Gasteiger partial charge in [0, 0.05) is 11.0 Å². The third kappa shape index (κ3) is 4.35. The number of nitrogens with zero attached hydrogens (tertiary/aromatic N) is 1. The van der Waals surface area contributed by atoms with E-state index < -0.39 is 37.6 Å². The van der Waals surface area contributed by atoms with E-state index in [1.165, 1.54) is 12.1 Å². The zero-order chi connectivity index (χ0) is 21.5. The van der Waals surface area contributed by atoms with Crippen LogP contribution in [0, 0.1) is 5.82 Å². The van der Waals surface area contributed by atoms with Crippen LogP contribution in [0.2, 0.25) is 0 Å². The summed E-state index contributed by atoms with van der Waals surface area (Å²) < 4.78 is 63.7. The second-order valence-corrected chi connectivity index (χ2v) is 11.1.